The molecule has 7 nitrogen and oxygen atoms in total. The van der Waals surface area contributed by atoms with Gasteiger partial charge in [-0.05, 0) is 12.8 Å². The molecule has 4 rings (SSSR count). The molecule has 0 N–H and O–H groups in total. The zero-order valence-corrected chi connectivity index (χ0v) is 13.9. The summed E-state index contributed by atoms with van der Waals surface area (Å²) in [7, 11) is 0. The fourth-order valence-electron chi connectivity index (χ4n) is 4.22. The van der Waals surface area contributed by atoms with Gasteiger partial charge in [0.1, 0.15) is 5.82 Å². The molecule has 1 aromatic rings. The minimum atomic E-state index is -0.363. The van der Waals surface area contributed by atoms with E-state index in [0.717, 1.165) is 57.7 Å². The van der Waals surface area contributed by atoms with Crippen LogP contribution < -0.4 is 4.90 Å². The van der Waals surface area contributed by atoms with Crippen LogP contribution in [0, 0.1) is 5.41 Å². The molecule has 7 heteroatoms. The normalized spacial score (nSPS) is 24.3. The molecule has 0 bridgehead atoms. The SMILES string of the molecule is O=C1CC2(CCCC2)C(=O)N1CN1CCN(c2cnccn2)CC1. The van der Waals surface area contributed by atoms with Crippen LogP contribution in [0.3, 0.4) is 0 Å². The molecule has 1 aromatic heterocycles. The van der Waals surface area contributed by atoms with Crippen LogP contribution in [0.1, 0.15) is 32.1 Å². The van der Waals surface area contributed by atoms with Crippen LogP contribution in [0.25, 0.3) is 0 Å². The third kappa shape index (κ3) is 2.66. The van der Waals surface area contributed by atoms with Gasteiger partial charge >= 0.3 is 0 Å². The standard InChI is InChI=1S/C17H23N5O2/c23-15-11-17(3-1-2-4-17)16(24)22(15)13-20-7-9-21(10-8-20)14-12-18-5-6-19-14/h5-6,12H,1-4,7-11,13H2. The quantitative estimate of drug-likeness (QED) is 0.767. The van der Waals surface area contributed by atoms with Crippen LogP contribution in [0.2, 0.25) is 0 Å². The summed E-state index contributed by atoms with van der Waals surface area (Å²) in [4.78, 5) is 39.4. The molecular formula is C17H23N5O2. The lowest BCUT2D eigenvalue weighted by Gasteiger charge is -2.36. The summed E-state index contributed by atoms with van der Waals surface area (Å²) in [5, 5.41) is 0. The number of nitrogens with zero attached hydrogens (tertiary/aromatic N) is 5. The van der Waals surface area contributed by atoms with Gasteiger partial charge in [0.25, 0.3) is 0 Å². The van der Waals surface area contributed by atoms with Gasteiger partial charge in [-0.1, -0.05) is 12.8 Å². The predicted octanol–water partition coefficient (Wildman–Crippen LogP) is 0.875. The number of rotatable bonds is 3. The minimum absolute atomic E-state index is 0.0123. The first-order valence-corrected chi connectivity index (χ1v) is 8.76. The second-order valence-electron chi connectivity index (χ2n) is 7.10. The van der Waals surface area contributed by atoms with Crippen LogP contribution in [0.4, 0.5) is 5.82 Å². The van der Waals surface area contributed by atoms with Gasteiger partial charge in [-0.15, -0.1) is 0 Å². The molecule has 0 unspecified atom stereocenters. The lowest BCUT2D eigenvalue weighted by atomic mass is 9.85. The lowest BCUT2D eigenvalue weighted by molar-refractivity contribution is -0.143. The maximum absolute atomic E-state index is 12.7. The first-order chi connectivity index (χ1) is 11.7. The minimum Gasteiger partial charge on any atom is -0.353 e. The summed E-state index contributed by atoms with van der Waals surface area (Å²) in [5.74, 6) is 0.968. The van der Waals surface area contributed by atoms with E-state index in [1.165, 1.54) is 4.90 Å². The summed E-state index contributed by atoms with van der Waals surface area (Å²) in [5.41, 5.74) is -0.363. The third-order valence-electron chi connectivity index (χ3n) is 5.64. The van der Waals surface area contributed by atoms with Crippen molar-refractivity contribution in [2.45, 2.75) is 32.1 Å². The largest absolute Gasteiger partial charge is 0.353 e. The molecule has 0 atom stereocenters. The average Bonchev–Trinajstić information content (AvgIpc) is 3.17. The monoisotopic (exact) mass is 329 g/mol. The predicted molar refractivity (Wildman–Crippen MR) is 88.1 cm³/mol. The summed E-state index contributed by atoms with van der Waals surface area (Å²) >= 11 is 0. The summed E-state index contributed by atoms with van der Waals surface area (Å²) < 4.78 is 0. The van der Waals surface area contributed by atoms with Crippen molar-refractivity contribution in [2.24, 2.45) is 5.41 Å². The highest BCUT2D eigenvalue weighted by Gasteiger charge is 2.52. The molecule has 0 aromatic carbocycles. The van der Waals surface area contributed by atoms with Crippen LogP contribution in [0.5, 0.6) is 0 Å². The van der Waals surface area contributed by atoms with Gasteiger partial charge in [0.05, 0.1) is 18.3 Å². The van der Waals surface area contributed by atoms with E-state index in [9.17, 15) is 9.59 Å². The number of hydrogen-bond donors (Lipinski definition) is 0. The molecule has 2 saturated heterocycles. The molecule has 1 spiro atoms. The Morgan fingerprint density at radius 1 is 1.04 bits per heavy atom. The molecule has 1 aliphatic carbocycles. The van der Waals surface area contributed by atoms with Crippen molar-refractivity contribution in [1.82, 2.24) is 19.8 Å². The van der Waals surface area contributed by atoms with E-state index in [-0.39, 0.29) is 17.2 Å². The molecule has 2 aliphatic heterocycles. The summed E-state index contributed by atoms with van der Waals surface area (Å²) in [6, 6.07) is 0. The Bertz CT molecular complexity index is 621. The van der Waals surface area contributed by atoms with Gasteiger partial charge < -0.3 is 4.90 Å². The second-order valence-corrected chi connectivity index (χ2v) is 7.10. The van der Waals surface area contributed by atoms with Gasteiger partial charge in [-0.2, -0.15) is 0 Å². The van der Waals surface area contributed by atoms with Crippen LogP contribution in [0.15, 0.2) is 18.6 Å². The van der Waals surface area contributed by atoms with E-state index >= 15 is 0 Å². The number of amides is 2. The van der Waals surface area contributed by atoms with Crippen molar-refractivity contribution in [3.8, 4) is 0 Å². The Morgan fingerprint density at radius 2 is 1.79 bits per heavy atom. The molecule has 128 valence electrons. The van der Waals surface area contributed by atoms with E-state index in [2.05, 4.69) is 19.8 Å². The summed E-state index contributed by atoms with van der Waals surface area (Å²) in [6.07, 6.45) is 9.47. The van der Waals surface area contributed by atoms with Crippen molar-refractivity contribution in [1.29, 1.82) is 0 Å². The van der Waals surface area contributed by atoms with Crippen LogP contribution in [-0.4, -0.2) is 64.4 Å². The molecule has 2 amide bonds. The van der Waals surface area contributed by atoms with E-state index < -0.39 is 0 Å². The first kappa shape index (κ1) is 15.5. The molecule has 0 radical (unpaired) electrons. The van der Waals surface area contributed by atoms with E-state index in [0.29, 0.717) is 13.1 Å². The number of piperazine rings is 1. The maximum atomic E-state index is 12.7. The molecule has 3 heterocycles. The van der Waals surface area contributed by atoms with Gasteiger partial charge in [-0.3, -0.25) is 24.4 Å². The van der Waals surface area contributed by atoms with E-state index in [4.69, 9.17) is 0 Å². The Balaban J connectivity index is 1.36. The fraction of sp³-hybridized carbons (Fsp3) is 0.647. The Labute approximate surface area is 141 Å². The van der Waals surface area contributed by atoms with E-state index in [1.54, 1.807) is 18.6 Å². The highest BCUT2D eigenvalue weighted by atomic mass is 16.2. The number of carbonyl (C=O) groups excluding carboxylic acids is 2. The van der Waals surface area contributed by atoms with Gasteiger partial charge in [-0.25, -0.2) is 4.98 Å². The highest BCUT2D eigenvalue weighted by molar-refractivity contribution is 6.06. The molecule has 3 fully saturated rings. The van der Waals surface area contributed by atoms with Crippen LogP contribution >= 0.6 is 0 Å². The maximum Gasteiger partial charge on any atom is 0.237 e. The highest BCUT2D eigenvalue weighted by Crippen LogP contribution is 2.46. The molecule has 24 heavy (non-hydrogen) atoms. The first-order valence-electron chi connectivity index (χ1n) is 8.76. The van der Waals surface area contributed by atoms with Gasteiger partial charge in [0.2, 0.25) is 11.8 Å². The molecular weight excluding hydrogens is 306 g/mol. The number of imide groups is 1. The average molecular weight is 329 g/mol. The Hall–Kier alpha value is -2.02. The number of hydrogen-bond acceptors (Lipinski definition) is 6. The smallest absolute Gasteiger partial charge is 0.237 e. The zero-order valence-electron chi connectivity index (χ0n) is 13.9. The number of anilines is 1. The van der Waals surface area contributed by atoms with E-state index in [1.807, 2.05) is 0 Å². The van der Waals surface area contributed by atoms with Crippen molar-refractivity contribution >= 4 is 17.6 Å². The lowest BCUT2D eigenvalue weighted by Crippen LogP contribution is -2.51. The van der Waals surface area contributed by atoms with Gasteiger partial charge in [0, 0.05) is 45.0 Å². The van der Waals surface area contributed by atoms with Crippen LogP contribution in [-0.2, 0) is 9.59 Å². The van der Waals surface area contributed by atoms with Crippen molar-refractivity contribution in [2.75, 3.05) is 37.7 Å². The van der Waals surface area contributed by atoms with Crippen molar-refractivity contribution in [3.63, 3.8) is 0 Å². The number of carbonyl (C=O) groups is 2. The number of likely N-dealkylation sites (tertiary alicyclic amines) is 1. The van der Waals surface area contributed by atoms with Gasteiger partial charge in [0.15, 0.2) is 0 Å². The fourth-order valence-corrected chi connectivity index (χ4v) is 4.22. The second kappa shape index (κ2) is 6.12. The van der Waals surface area contributed by atoms with Crippen molar-refractivity contribution < 1.29 is 9.59 Å². The Kier molecular flexibility index (Phi) is 3.96. The van der Waals surface area contributed by atoms with Crippen molar-refractivity contribution in [3.05, 3.63) is 18.6 Å². The summed E-state index contributed by atoms with van der Waals surface area (Å²) in [6.45, 7) is 3.75. The number of aromatic nitrogens is 2. The molecule has 3 aliphatic rings. The third-order valence-corrected chi connectivity index (χ3v) is 5.64. The topological polar surface area (TPSA) is 69.6 Å². The zero-order chi connectivity index (χ0) is 16.6. The Morgan fingerprint density at radius 3 is 2.46 bits per heavy atom. The molecule has 1 saturated carbocycles.